The first-order valence-corrected chi connectivity index (χ1v) is 5.25. The summed E-state index contributed by atoms with van der Waals surface area (Å²) in [4.78, 5) is 0. The zero-order chi connectivity index (χ0) is 10.1. The Morgan fingerprint density at radius 2 is 2.07 bits per heavy atom. The highest BCUT2D eigenvalue weighted by Crippen LogP contribution is 2.23. The Kier molecular flexibility index (Phi) is 4.49. The van der Waals surface area contributed by atoms with Gasteiger partial charge in [0.25, 0.3) is 6.43 Å². The van der Waals surface area contributed by atoms with Crippen LogP contribution in [0.2, 0.25) is 0 Å². The Morgan fingerprint density at radius 3 is 2.73 bits per heavy atom. The summed E-state index contributed by atoms with van der Waals surface area (Å²) in [6.45, 7) is 0.539. The second kappa shape index (κ2) is 5.23. The summed E-state index contributed by atoms with van der Waals surface area (Å²) in [5, 5.41) is 2.83. The van der Waals surface area contributed by atoms with Crippen LogP contribution in [0.5, 0.6) is 0 Å². The maximum Gasteiger partial charge on any atom is 0.254 e. The minimum Gasteiger partial charge on any atom is -0.304 e. The number of fused-ring (bicyclic) bond motifs is 1. The fourth-order valence-electron chi connectivity index (χ4n) is 1.69. The van der Waals surface area contributed by atoms with Crippen LogP contribution in [0.4, 0.5) is 8.78 Å². The third kappa shape index (κ3) is 2.89. The first-order chi connectivity index (χ1) is 6.66. The molecule has 0 spiro atoms. The number of rotatable bonds is 1. The first-order valence-electron chi connectivity index (χ1n) is 4.45. The SMILES string of the molecule is Cl.FC(F)C1Cc2cc(Br)ccc2CN1. The van der Waals surface area contributed by atoms with E-state index in [-0.39, 0.29) is 12.4 Å². The summed E-state index contributed by atoms with van der Waals surface area (Å²) in [6, 6.07) is 5.12. The van der Waals surface area contributed by atoms with Crippen molar-refractivity contribution in [2.45, 2.75) is 25.4 Å². The molecule has 0 bridgehead atoms. The number of hydrogen-bond acceptors (Lipinski definition) is 1. The van der Waals surface area contributed by atoms with Crippen molar-refractivity contribution in [2.75, 3.05) is 0 Å². The molecule has 0 fully saturated rings. The van der Waals surface area contributed by atoms with Crippen molar-refractivity contribution in [1.82, 2.24) is 5.32 Å². The topological polar surface area (TPSA) is 12.0 Å². The molecule has 0 radical (unpaired) electrons. The molecule has 0 saturated heterocycles. The molecule has 1 aliphatic heterocycles. The van der Waals surface area contributed by atoms with Gasteiger partial charge >= 0.3 is 0 Å². The highest BCUT2D eigenvalue weighted by Gasteiger charge is 2.25. The van der Waals surface area contributed by atoms with Crippen LogP contribution >= 0.6 is 28.3 Å². The van der Waals surface area contributed by atoms with E-state index < -0.39 is 12.5 Å². The van der Waals surface area contributed by atoms with Crippen molar-refractivity contribution >= 4 is 28.3 Å². The van der Waals surface area contributed by atoms with Crippen molar-refractivity contribution in [2.24, 2.45) is 0 Å². The van der Waals surface area contributed by atoms with Gasteiger partial charge in [0.15, 0.2) is 0 Å². The van der Waals surface area contributed by atoms with Crippen LogP contribution < -0.4 is 5.32 Å². The number of benzene rings is 1. The Bertz CT molecular complexity index is 346. The highest BCUT2D eigenvalue weighted by atomic mass is 79.9. The molecule has 2 rings (SSSR count). The van der Waals surface area contributed by atoms with Gasteiger partial charge in [-0.2, -0.15) is 0 Å². The van der Waals surface area contributed by atoms with Gasteiger partial charge in [-0.15, -0.1) is 12.4 Å². The van der Waals surface area contributed by atoms with Crippen molar-refractivity contribution in [1.29, 1.82) is 0 Å². The Labute approximate surface area is 102 Å². The molecule has 1 nitrogen and oxygen atoms in total. The molecule has 1 heterocycles. The van der Waals surface area contributed by atoms with Crippen molar-refractivity contribution in [3.05, 3.63) is 33.8 Å². The van der Waals surface area contributed by atoms with Gasteiger partial charge in [-0.05, 0) is 29.7 Å². The standard InChI is InChI=1S/C10H10BrF2N.ClH/c11-8-2-1-6-5-14-9(10(12)13)4-7(6)3-8;/h1-3,9-10,14H,4-5H2;1H. The lowest BCUT2D eigenvalue weighted by molar-refractivity contribution is 0.0942. The summed E-state index contributed by atoms with van der Waals surface area (Å²) in [6.07, 6.45) is -1.88. The molecular weight excluding hydrogens is 287 g/mol. The predicted molar refractivity (Wildman–Crippen MR) is 61.7 cm³/mol. The van der Waals surface area contributed by atoms with E-state index >= 15 is 0 Å². The van der Waals surface area contributed by atoms with Gasteiger partial charge in [-0.3, -0.25) is 0 Å². The van der Waals surface area contributed by atoms with E-state index in [4.69, 9.17) is 0 Å². The maximum absolute atomic E-state index is 12.4. The van der Waals surface area contributed by atoms with E-state index in [9.17, 15) is 8.78 Å². The van der Waals surface area contributed by atoms with Crippen LogP contribution in [0, 0.1) is 0 Å². The molecule has 1 aromatic rings. The fraction of sp³-hybridized carbons (Fsp3) is 0.400. The van der Waals surface area contributed by atoms with Gasteiger partial charge in [0.2, 0.25) is 0 Å². The average Bonchev–Trinajstić information content (AvgIpc) is 2.16. The molecule has 0 aliphatic carbocycles. The van der Waals surface area contributed by atoms with Crippen LogP contribution in [0.25, 0.3) is 0 Å². The summed E-state index contributed by atoms with van der Waals surface area (Å²) >= 11 is 3.34. The molecule has 5 heteroatoms. The summed E-state index contributed by atoms with van der Waals surface area (Å²) in [5.41, 5.74) is 2.13. The quantitative estimate of drug-likeness (QED) is 0.840. The van der Waals surface area contributed by atoms with Crippen LogP contribution in [0.1, 0.15) is 11.1 Å². The normalized spacial score (nSPS) is 19.6. The van der Waals surface area contributed by atoms with Crippen molar-refractivity contribution in [3.8, 4) is 0 Å². The van der Waals surface area contributed by atoms with Crippen LogP contribution in [0.3, 0.4) is 0 Å². The van der Waals surface area contributed by atoms with Gasteiger partial charge in [-0.25, -0.2) is 8.78 Å². The zero-order valence-corrected chi connectivity index (χ0v) is 10.2. The molecule has 1 aromatic carbocycles. The number of halogens is 4. The van der Waals surface area contributed by atoms with Gasteiger partial charge in [0.05, 0.1) is 6.04 Å². The third-order valence-corrected chi connectivity index (χ3v) is 2.96. The van der Waals surface area contributed by atoms with E-state index in [0.29, 0.717) is 13.0 Å². The lowest BCUT2D eigenvalue weighted by Crippen LogP contribution is -2.40. The minimum absolute atomic E-state index is 0. The van der Waals surface area contributed by atoms with Gasteiger partial charge in [0, 0.05) is 11.0 Å². The smallest absolute Gasteiger partial charge is 0.254 e. The molecule has 1 unspecified atom stereocenters. The second-order valence-electron chi connectivity index (χ2n) is 3.44. The van der Waals surface area contributed by atoms with Gasteiger partial charge in [-0.1, -0.05) is 22.0 Å². The van der Waals surface area contributed by atoms with E-state index in [1.807, 2.05) is 18.2 Å². The molecule has 0 saturated carbocycles. The molecular formula is C10H11BrClF2N. The minimum atomic E-state index is -2.29. The fourth-order valence-corrected chi connectivity index (χ4v) is 2.09. The number of alkyl halides is 2. The van der Waals surface area contributed by atoms with Crippen molar-refractivity contribution in [3.63, 3.8) is 0 Å². The summed E-state index contributed by atoms with van der Waals surface area (Å²) in [7, 11) is 0. The Morgan fingerprint density at radius 1 is 1.33 bits per heavy atom. The van der Waals surface area contributed by atoms with Crippen LogP contribution in [-0.2, 0) is 13.0 Å². The van der Waals surface area contributed by atoms with E-state index in [1.165, 1.54) is 0 Å². The molecule has 0 amide bonds. The molecule has 1 N–H and O–H groups in total. The molecule has 0 aromatic heterocycles. The summed E-state index contributed by atoms with van der Waals surface area (Å²) < 4.78 is 25.8. The first kappa shape index (κ1) is 12.9. The van der Waals surface area contributed by atoms with Crippen LogP contribution in [0.15, 0.2) is 22.7 Å². The second-order valence-corrected chi connectivity index (χ2v) is 4.35. The lowest BCUT2D eigenvalue weighted by atomic mass is 9.96. The van der Waals surface area contributed by atoms with E-state index in [0.717, 1.165) is 15.6 Å². The largest absolute Gasteiger partial charge is 0.304 e. The van der Waals surface area contributed by atoms with Crippen LogP contribution in [-0.4, -0.2) is 12.5 Å². The zero-order valence-electron chi connectivity index (χ0n) is 7.84. The van der Waals surface area contributed by atoms with E-state index in [2.05, 4.69) is 21.2 Å². The van der Waals surface area contributed by atoms with Gasteiger partial charge in [0.1, 0.15) is 0 Å². The van der Waals surface area contributed by atoms with Crippen molar-refractivity contribution < 1.29 is 8.78 Å². The van der Waals surface area contributed by atoms with E-state index in [1.54, 1.807) is 0 Å². The number of hydrogen-bond donors (Lipinski definition) is 1. The Balaban J connectivity index is 0.00000112. The maximum atomic E-state index is 12.4. The molecule has 84 valence electrons. The molecule has 1 atom stereocenters. The Hall–Kier alpha value is -0.190. The third-order valence-electron chi connectivity index (χ3n) is 2.47. The molecule has 15 heavy (non-hydrogen) atoms. The highest BCUT2D eigenvalue weighted by molar-refractivity contribution is 9.10. The number of nitrogens with one attached hydrogen (secondary N) is 1. The lowest BCUT2D eigenvalue weighted by Gasteiger charge is -2.25. The molecule has 1 aliphatic rings. The monoisotopic (exact) mass is 297 g/mol. The predicted octanol–water partition coefficient (Wildman–Crippen LogP) is 3.15. The van der Waals surface area contributed by atoms with Gasteiger partial charge < -0.3 is 5.32 Å². The average molecular weight is 299 g/mol. The summed E-state index contributed by atoms with van der Waals surface area (Å²) in [5.74, 6) is 0.